The van der Waals surface area contributed by atoms with Crippen molar-refractivity contribution < 1.29 is 23.1 Å². The maximum absolute atomic E-state index is 13.6. The first-order chi connectivity index (χ1) is 21.8. The fourth-order valence-corrected chi connectivity index (χ4v) is 9.59. The zero-order valence-electron chi connectivity index (χ0n) is 25.6. The topological polar surface area (TPSA) is 162 Å². The normalized spacial score (nSPS) is 23.1. The van der Waals surface area contributed by atoms with E-state index in [0.29, 0.717) is 24.7 Å². The maximum Gasteiger partial charge on any atom is 0.290 e. The molecule has 3 aromatic rings. The van der Waals surface area contributed by atoms with E-state index < -0.39 is 10.0 Å². The van der Waals surface area contributed by atoms with Crippen LogP contribution < -0.4 is 10.2 Å². The number of hydrogen-bond donors (Lipinski definition) is 2. The molecular weight excluding hydrogens is 600 g/mol. The number of aromatic nitrogens is 5. The third-order valence-electron chi connectivity index (χ3n) is 9.41. The van der Waals surface area contributed by atoms with Crippen molar-refractivity contribution in [2.24, 2.45) is 0 Å². The number of hydrogen-bond acceptors (Lipinski definition) is 10. The molecule has 0 spiro atoms. The van der Waals surface area contributed by atoms with Crippen LogP contribution in [-0.4, -0.2) is 128 Å². The van der Waals surface area contributed by atoms with Crippen LogP contribution in [0.15, 0.2) is 30.7 Å². The predicted octanol–water partition coefficient (Wildman–Crippen LogP) is 1.46. The molecular formula is C29H42N10O5S. The molecule has 1 saturated carbocycles. The van der Waals surface area contributed by atoms with Crippen LogP contribution in [0.2, 0.25) is 0 Å². The van der Waals surface area contributed by atoms with Crippen molar-refractivity contribution in [2.75, 3.05) is 56.5 Å². The lowest BCUT2D eigenvalue weighted by Gasteiger charge is -2.42. The van der Waals surface area contributed by atoms with Gasteiger partial charge in [0.15, 0.2) is 5.65 Å². The highest BCUT2D eigenvalue weighted by Gasteiger charge is 2.49. The minimum absolute atomic E-state index is 0.00385. The number of sulfonamides is 1. The number of carbonyl (C=O) groups excluding carboxylic acids is 1. The third kappa shape index (κ3) is 6.63. The van der Waals surface area contributed by atoms with Crippen LogP contribution >= 0.6 is 0 Å². The van der Waals surface area contributed by atoms with Crippen molar-refractivity contribution in [2.45, 2.75) is 68.8 Å². The summed E-state index contributed by atoms with van der Waals surface area (Å²) in [5, 5.41) is 18.9. The number of nitrogens with one attached hydrogen (secondary N) is 1. The van der Waals surface area contributed by atoms with E-state index in [9.17, 15) is 13.2 Å². The van der Waals surface area contributed by atoms with Gasteiger partial charge in [0, 0.05) is 63.7 Å². The summed E-state index contributed by atoms with van der Waals surface area (Å²) in [5.41, 5.74) is 2.39. The van der Waals surface area contributed by atoms with Crippen LogP contribution in [0.1, 0.15) is 44.9 Å². The van der Waals surface area contributed by atoms with Gasteiger partial charge in [0.1, 0.15) is 6.54 Å². The Morgan fingerprint density at radius 2 is 1.76 bits per heavy atom. The summed E-state index contributed by atoms with van der Waals surface area (Å²) < 4.78 is 32.5. The van der Waals surface area contributed by atoms with E-state index in [1.54, 1.807) is 21.6 Å². The SMILES string of the molecule is CN1CCN(C(=O)Cn2cc(Nc3nc4c(N5CC6CCC(C5)N6S(=O)(=O)C5CCCCC5)cccn4n3)cn2)CC1.O=CO. The van der Waals surface area contributed by atoms with Gasteiger partial charge in [-0.1, -0.05) is 19.3 Å². The molecule has 0 radical (unpaired) electrons. The molecule has 16 heteroatoms. The van der Waals surface area contributed by atoms with Crippen LogP contribution in [0, 0.1) is 0 Å². The summed E-state index contributed by atoms with van der Waals surface area (Å²) in [4.78, 5) is 32.3. The van der Waals surface area contributed by atoms with E-state index in [0.717, 1.165) is 82.5 Å². The summed E-state index contributed by atoms with van der Waals surface area (Å²) >= 11 is 0. The molecule has 1 amide bonds. The maximum atomic E-state index is 13.6. The first-order valence-corrected chi connectivity index (χ1v) is 17.2. The number of amides is 1. The van der Waals surface area contributed by atoms with Crippen molar-refractivity contribution >= 4 is 45.4 Å². The average molecular weight is 643 g/mol. The number of fused-ring (bicyclic) bond motifs is 3. The molecule has 2 atom stereocenters. The number of piperazine rings is 2. The van der Waals surface area contributed by atoms with Gasteiger partial charge in [0.25, 0.3) is 6.47 Å². The molecule has 0 aromatic carbocycles. The molecule has 3 aromatic heterocycles. The summed E-state index contributed by atoms with van der Waals surface area (Å²) in [5.74, 6) is 0.503. The minimum atomic E-state index is -3.28. The van der Waals surface area contributed by atoms with Gasteiger partial charge in [-0.3, -0.25) is 14.3 Å². The molecule has 2 unspecified atom stereocenters. The Labute approximate surface area is 262 Å². The fraction of sp³-hybridized carbons (Fsp3) is 0.621. The van der Waals surface area contributed by atoms with Gasteiger partial charge in [-0.15, -0.1) is 5.10 Å². The van der Waals surface area contributed by atoms with Crippen molar-refractivity contribution in [1.29, 1.82) is 0 Å². The van der Waals surface area contributed by atoms with Gasteiger partial charge in [-0.2, -0.15) is 14.4 Å². The monoisotopic (exact) mass is 642 g/mol. The highest BCUT2D eigenvalue weighted by Crippen LogP contribution is 2.39. The number of nitrogens with zero attached hydrogens (tertiary/aromatic N) is 9. The van der Waals surface area contributed by atoms with E-state index in [-0.39, 0.29) is 36.3 Å². The van der Waals surface area contributed by atoms with Gasteiger partial charge in [-0.05, 0) is 44.9 Å². The first kappa shape index (κ1) is 31.2. The molecule has 2 bridgehead atoms. The Hall–Kier alpha value is -3.76. The third-order valence-corrected chi connectivity index (χ3v) is 11.9. The zero-order chi connectivity index (χ0) is 31.6. The minimum Gasteiger partial charge on any atom is -0.483 e. The largest absolute Gasteiger partial charge is 0.483 e. The number of likely N-dealkylation sites (N-methyl/N-ethyl adjacent to an activating group) is 1. The van der Waals surface area contributed by atoms with Gasteiger partial charge in [0.2, 0.25) is 21.9 Å². The molecule has 3 saturated heterocycles. The highest BCUT2D eigenvalue weighted by molar-refractivity contribution is 7.89. The number of carbonyl (C=O) groups is 2. The molecule has 7 rings (SSSR count). The molecule has 45 heavy (non-hydrogen) atoms. The van der Waals surface area contributed by atoms with Crippen molar-refractivity contribution in [3.05, 3.63) is 30.7 Å². The molecule has 3 aliphatic heterocycles. The molecule has 6 heterocycles. The lowest BCUT2D eigenvalue weighted by molar-refractivity contribution is -0.133. The quantitative estimate of drug-likeness (QED) is 0.359. The molecule has 1 aliphatic carbocycles. The molecule has 2 N–H and O–H groups in total. The second kappa shape index (κ2) is 13.3. The standard InChI is InChI=1S/C28H40N10O3S.CH2O2/c1-33-12-14-34(15-13-33)26(39)20-36-17-21(16-29-36)30-28-31-27-25(8-5-11-37(27)32-28)35-18-22-9-10-23(19-35)38(22)42(40,41)24-6-3-2-4-7-24;2-1-3/h5,8,11,16-17,22-24H,2-4,6-7,9-10,12-15,18-20H2,1H3,(H,30,32);1H,(H,2,3). The Morgan fingerprint density at radius 1 is 1.07 bits per heavy atom. The van der Waals surface area contributed by atoms with E-state index >= 15 is 0 Å². The van der Waals surface area contributed by atoms with Crippen LogP contribution in [0.25, 0.3) is 5.65 Å². The first-order valence-electron chi connectivity index (χ1n) is 15.7. The summed E-state index contributed by atoms with van der Waals surface area (Å²) in [6.07, 6.45) is 11.9. The Morgan fingerprint density at radius 3 is 2.44 bits per heavy atom. The summed E-state index contributed by atoms with van der Waals surface area (Å²) in [6.45, 7) is 4.51. The molecule has 4 fully saturated rings. The van der Waals surface area contributed by atoms with Gasteiger partial charge in [-0.25, -0.2) is 12.9 Å². The summed E-state index contributed by atoms with van der Waals surface area (Å²) in [6, 6.07) is 3.99. The Kier molecular flexibility index (Phi) is 9.23. The Bertz CT molecular complexity index is 1580. The lowest BCUT2D eigenvalue weighted by atomic mass is 10.0. The zero-order valence-corrected chi connectivity index (χ0v) is 26.4. The van der Waals surface area contributed by atoms with Crippen LogP contribution in [-0.2, 0) is 26.2 Å². The van der Waals surface area contributed by atoms with E-state index in [4.69, 9.17) is 14.9 Å². The van der Waals surface area contributed by atoms with Gasteiger partial charge in [0.05, 0.1) is 22.8 Å². The van der Waals surface area contributed by atoms with Crippen molar-refractivity contribution in [1.82, 2.24) is 38.5 Å². The molecule has 4 aliphatic rings. The summed E-state index contributed by atoms with van der Waals surface area (Å²) in [7, 11) is -1.22. The molecule has 15 nitrogen and oxygen atoms in total. The van der Waals surface area contributed by atoms with Crippen LogP contribution in [0.5, 0.6) is 0 Å². The van der Waals surface area contributed by atoms with E-state index in [2.05, 4.69) is 32.4 Å². The van der Waals surface area contributed by atoms with Crippen molar-refractivity contribution in [3.63, 3.8) is 0 Å². The number of carboxylic acid groups (broad SMARTS) is 1. The van der Waals surface area contributed by atoms with Crippen LogP contribution in [0.3, 0.4) is 0 Å². The Balaban J connectivity index is 0.00000115. The van der Waals surface area contributed by atoms with E-state index in [1.807, 2.05) is 27.5 Å². The number of anilines is 3. The second-order valence-electron chi connectivity index (χ2n) is 12.4. The van der Waals surface area contributed by atoms with Crippen molar-refractivity contribution in [3.8, 4) is 0 Å². The predicted molar refractivity (Wildman–Crippen MR) is 168 cm³/mol. The molecule has 244 valence electrons. The van der Waals surface area contributed by atoms with Gasteiger partial charge < -0.3 is 25.1 Å². The average Bonchev–Trinajstić information content (AvgIpc) is 3.73. The lowest BCUT2D eigenvalue weighted by Crippen LogP contribution is -2.57. The second-order valence-corrected chi connectivity index (χ2v) is 14.5. The smallest absolute Gasteiger partial charge is 0.290 e. The van der Waals surface area contributed by atoms with Gasteiger partial charge >= 0.3 is 0 Å². The van der Waals surface area contributed by atoms with E-state index in [1.165, 1.54) is 0 Å². The number of rotatable bonds is 7. The highest BCUT2D eigenvalue weighted by atomic mass is 32.2. The number of pyridine rings is 1. The van der Waals surface area contributed by atoms with Crippen LogP contribution in [0.4, 0.5) is 17.3 Å². The fourth-order valence-electron chi connectivity index (χ4n) is 7.14.